The van der Waals surface area contributed by atoms with Gasteiger partial charge in [-0.1, -0.05) is 28.9 Å². The normalized spacial score (nSPS) is 20.0. The van der Waals surface area contributed by atoms with Crippen LogP contribution in [0.1, 0.15) is 77.0 Å². The van der Waals surface area contributed by atoms with E-state index in [1.807, 2.05) is 26.0 Å². The van der Waals surface area contributed by atoms with Gasteiger partial charge >= 0.3 is 0 Å². The Hall–Kier alpha value is -5.21. The molecule has 4 aromatic rings. The third kappa shape index (κ3) is 6.87. The molecule has 3 heterocycles. The number of imide groups is 1. The van der Waals surface area contributed by atoms with E-state index >= 15 is 4.39 Å². The Morgan fingerprint density at radius 2 is 1.81 bits per heavy atom. The van der Waals surface area contributed by atoms with Gasteiger partial charge in [0.05, 0.1) is 22.0 Å². The SMILES string of the molecule is Cc1ccc(-c2c(C)noc2C)cc1N(C[C@H]1CC[C@H](CNc2cc3c(cc2F)C(=O)N(C2CCC(=O)NC2=O)C3)CC1)c1ccc(C#N)c(Cl)c1. The average Bonchev–Trinajstić information content (AvgIpc) is 3.63. The van der Waals surface area contributed by atoms with Gasteiger partial charge in [0.1, 0.15) is 23.7 Å². The monoisotopic (exact) mass is 722 g/mol. The first-order chi connectivity index (χ1) is 25.0. The maximum Gasteiger partial charge on any atom is 0.255 e. The van der Waals surface area contributed by atoms with Crippen LogP contribution in [0.3, 0.4) is 0 Å². The number of aryl methyl sites for hydroxylation is 3. The van der Waals surface area contributed by atoms with Crippen molar-refractivity contribution in [1.82, 2.24) is 15.4 Å². The number of amides is 3. The molecule has 10 nitrogen and oxygen atoms in total. The van der Waals surface area contributed by atoms with Crippen molar-refractivity contribution >= 4 is 46.4 Å². The largest absolute Gasteiger partial charge is 0.382 e. The molecule has 1 saturated heterocycles. The molecule has 1 aromatic heterocycles. The van der Waals surface area contributed by atoms with Crippen molar-refractivity contribution in [2.75, 3.05) is 23.3 Å². The van der Waals surface area contributed by atoms with Gasteiger partial charge in [-0.05, 0) is 118 Å². The van der Waals surface area contributed by atoms with Gasteiger partial charge < -0.3 is 19.6 Å². The lowest BCUT2D eigenvalue weighted by molar-refractivity contribution is -0.136. The van der Waals surface area contributed by atoms with Crippen LogP contribution in [0, 0.1) is 49.8 Å². The summed E-state index contributed by atoms with van der Waals surface area (Å²) in [7, 11) is 0. The molecule has 52 heavy (non-hydrogen) atoms. The maximum absolute atomic E-state index is 15.3. The van der Waals surface area contributed by atoms with Crippen LogP contribution in [0.15, 0.2) is 53.1 Å². The molecular formula is C40H40ClFN6O4. The number of nitriles is 1. The number of anilines is 3. The lowest BCUT2D eigenvalue weighted by Gasteiger charge is -2.35. The molecule has 2 aliphatic heterocycles. The first kappa shape index (κ1) is 35.2. The highest BCUT2D eigenvalue weighted by Crippen LogP contribution is 2.39. The van der Waals surface area contributed by atoms with E-state index in [1.165, 1.54) is 11.0 Å². The van der Waals surface area contributed by atoms with Crippen molar-refractivity contribution < 1.29 is 23.3 Å². The Morgan fingerprint density at radius 3 is 2.50 bits per heavy atom. The van der Waals surface area contributed by atoms with E-state index in [9.17, 15) is 19.6 Å². The first-order valence-electron chi connectivity index (χ1n) is 17.7. The average molecular weight is 723 g/mol. The van der Waals surface area contributed by atoms with Crippen molar-refractivity contribution in [1.29, 1.82) is 5.26 Å². The third-order valence-corrected chi connectivity index (χ3v) is 11.1. The first-order valence-corrected chi connectivity index (χ1v) is 18.1. The van der Waals surface area contributed by atoms with Crippen molar-refractivity contribution in [3.63, 3.8) is 0 Å². The Labute approximate surface area is 306 Å². The molecular weight excluding hydrogens is 683 g/mol. The highest BCUT2D eigenvalue weighted by Gasteiger charge is 2.39. The van der Waals surface area contributed by atoms with E-state index in [-0.39, 0.29) is 30.9 Å². The summed E-state index contributed by atoms with van der Waals surface area (Å²) in [5, 5.41) is 19.7. The van der Waals surface area contributed by atoms with Gasteiger partial charge in [0.15, 0.2) is 0 Å². The molecule has 268 valence electrons. The summed E-state index contributed by atoms with van der Waals surface area (Å²) >= 11 is 6.56. The minimum Gasteiger partial charge on any atom is -0.382 e. The summed E-state index contributed by atoms with van der Waals surface area (Å²) in [6.45, 7) is 7.49. The molecule has 2 N–H and O–H groups in total. The van der Waals surface area contributed by atoms with E-state index in [4.69, 9.17) is 16.1 Å². The smallest absolute Gasteiger partial charge is 0.255 e. The van der Waals surface area contributed by atoms with Gasteiger partial charge in [-0.3, -0.25) is 19.7 Å². The van der Waals surface area contributed by atoms with Gasteiger partial charge in [0, 0.05) is 48.6 Å². The van der Waals surface area contributed by atoms with Crippen LogP contribution >= 0.6 is 11.6 Å². The molecule has 0 bridgehead atoms. The van der Waals surface area contributed by atoms with Crippen LogP contribution in [0.5, 0.6) is 0 Å². The predicted octanol–water partition coefficient (Wildman–Crippen LogP) is 7.75. The summed E-state index contributed by atoms with van der Waals surface area (Å²) in [4.78, 5) is 40.8. The molecule has 3 aliphatic rings. The van der Waals surface area contributed by atoms with Gasteiger partial charge in [0.25, 0.3) is 5.91 Å². The standard InChI is InChI=1S/C40H40ClFN6O4/c1-22-4-9-27(38-23(2)46-52-24(38)3)15-36(22)47(30-11-10-28(18-43)32(41)16-30)20-26-7-5-25(6-8-26)19-44-34-14-29-21-48(40(51)31(29)17-33(34)42)35-12-13-37(49)45-39(35)50/h4,9-11,14-17,25-26,35,44H,5-8,12-13,19-21H2,1-3H3,(H,45,49,50)/t25-,26-,35?. The fourth-order valence-electron chi connectivity index (χ4n) is 7.91. The summed E-state index contributed by atoms with van der Waals surface area (Å²) in [6.07, 6.45) is 4.32. The number of carbonyl (C=O) groups excluding carboxylic acids is 3. The van der Waals surface area contributed by atoms with Crippen LogP contribution in [0.4, 0.5) is 21.5 Å². The maximum atomic E-state index is 15.3. The van der Waals surface area contributed by atoms with Gasteiger partial charge in [0.2, 0.25) is 11.8 Å². The van der Waals surface area contributed by atoms with E-state index in [0.717, 1.165) is 71.7 Å². The van der Waals surface area contributed by atoms with E-state index in [0.29, 0.717) is 40.2 Å². The number of aromatic nitrogens is 1. The number of rotatable bonds is 9. The highest BCUT2D eigenvalue weighted by atomic mass is 35.5. The quantitative estimate of drug-likeness (QED) is 0.168. The van der Waals surface area contributed by atoms with Crippen molar-refractivity contribution in [2.24, 2.45) is 11.8 Å². The molecule has 3 amide bonds. The Morgan fingerprint density at radius 1 is 1.04 bits per heavy atom. The fraction of sp³-hybridized carbons (Fsp3) is 0.375. The molecule has 1 atom stereocenters. The molecule has 0 spiro atoms. The topological polar surface area (TPSA) is 132 Å². The van der Waals surface area contributed by atoms with Gasteiger partial charge in [-0.2, -0.15) is 5.26 Å². The summed E-state index contributed by atoms with van der Waals surface area (Å²) in [6, 6.07) is 16.3. The van der Waals surface area contributed by atoms with Crippen LogP contribution in [-0.4, -0.2) is 46.9 Å². The highest BCUT2D eigenvalue weighted by molar-refractivity contribution is 6.32. The van der Waals surface area contributed by atoms with Crippen LogP contribution in [0.25, 0.3) is 11.1 Å². The van der Waals surface area contributed by atoms with Crippen LogP contribution < -0.4 is 15.5 Å². The number of benzene rings is 3. The number of halogens is 2. The molecule has 12 heteroatoms. The molecule has 3 aromatic carbocycles. The van der Waals surface area contributed by atoms with Crippen molar-refractivity contribution in [3.05, 3.63) is 93.1 Å². The number of hydrogen-bond donors (Lipinski definition) is 2. The number of fused-ring (bicyclic) bond motifs is 1. The number of nitrogens with zero attached hydrogens (tertiary/aromatic N) is 4. The number of carbonyl (C=O) groups is 3. The van der Waals surface area contributed by atoms with Crippen LogP contribution in [-0.2, 0) is 16.1 Å². The molecule has 1 saturated carbocycles. The number of piperidine rings is 1. The number of nitrogens with one attached hydrogen (secondary N) is 2. The second-order valence-corrected chi connectivity index (χ2v) is 14.7. The minimum absolute atomic E-state index is 0.165. The number of hydrogen-bond acceptors (Lipinski definition) is 8. The van der Waals surface area contributed by atoms with Gasteiger partial charge in [-0.25, -0.2) is 4.39 Å². The molecule has 0 radical (unpaired) electrons. The zero-order valence-corrected chi connectivity index (χ0v) is 30.1. The van der Waals surface area contributed by atoms with Crippen molar-refractivity contribution in [3.8, 4) is 17.2 Å². The van der Waals surface area contributed by atoms with Crippen LogP contribution in [0.2, 0.25) is 5.02 Å². The Balaban J connectivity index is 1.03. The molecule has 1 aliphatic carbocycles. The second kappa shape index (κ2) is 14.4. The predicted molar refractivity (Wildman–Crippen MR) is 196 cm³/mol. The summed E-state index contributed by atoms with van der Waals surface area (Å²) in [5.41, 5.74) is 7.58. The Bertz CT molecular complexity index is 2100. The molecule has 7 rings (SSSR count). The fourth-order valence-corrected chi connectivity index (χ4v) is 8.13. The van der Waals surface area contributed by atoms with Crippen molar-refractivity contribution in [2.45, 2.75) is 71.9 Å². The minimum atomic E-state index is -0.743. The zero-order valence-electron chi connectivity index (χ0n) is 29.4. The van der Waals surface area contributed by atoms with E-state index < -0.39 is 23.7 Å². The Kier molecular flexibility index (Phi) is 9.77. The van der Waals surface area contributed by atoms with E-state index in [2.05, 4.69) is 51.9 Å². The summed E-state index contributed by atoms with van der Waals surface area (Å²) in [5.74, 6) is -0.249. The zero-order chi connectivity index (χ0) is 36.7. The lowest BCUT2D eigenvalue weighted by atomic mass is 9.81. The second-order valence-electron chi connectivity index (χ2n) is 14.2. The molecule has 2 fully saturated rings. The van der Waals surface area contributed by atoms with Gasteiger partial charge in [-0.15, -0.1) is 0 Å². The molecule has 1 unspecified atom stereocenters. The summed E-state index contributed by atoms with van der Waals surface area (Å²) < 4.78 is 20.7. The third-order valence-electron chi connectivity index (χ3n) is 10.8. The lowest BCUT2D eigenvalue weighted by Crippen LogP contribution is -2.52. The van der Waals surface area contributed by atoms with E-state index in [1.54, 1.807) is 12.1 Å².